The van der Waals surface area contributed by atoms with E-state index in [4.69, 9.17) is 27.7 Å². The highest BCUT2D eigenvalue weighted by atomic mass is 35.5. The van der Waals surface area contributed by atoms with Crippen LogP contribution in [0.2, 0.25) is 10.0 Å². The molecule has 122 valence electrons. The molecule has 23 heavy (non-hydrogen) atoms. The molecular weight excluding hydrogens is 337 g/mol. The number of carbonyl (C=O) groups is 1. The van der Waals surface area contributed by atoms with Gasteiger partial charge in [0.1, 0.15) is 0 Å². The number of nitrogens with zero attached hydrogens (tertiary/aromatic N) is 1. The summed E-state index contributed by atoms with van der Waals surface area (Å²) in [6.45, 7) is 1.90. The van der Waals surface area contributed by atoms with Crippen LogP contribution in [-0.2, 0) is 0 Å². The van der Waals surface area contributed by atoms with Crippen molar-refractivity contribution in [2.45, 2.75) is 25.3 Å². The van der Waals surface area contributed by atoms with Gasteiger partial charge in [-0.2, -0.15) is 0 Å². The lowest BCUT2D eigenvalue weighted by Crippen LogP contribution is -2.35. The predicted molar refractivity (Wildman–Crippen MR) is 89.9 cm³/mol. The van der Waals surface area contributed by atoms with Gasteiger partial charge >= 0.3 is 0 Å². The van der Waals surface area contributed by atoms with E-state index < -0.39 is 0 Å². The third kappa shape index (κ3) is 3.86. The average molecular weight is 354 g/mol. The molecule has 2 aromatic rings. The van der Waals surface area contributed by atoms with E-state index in [1.807, 2.05) is 0 Å². The molecule has 2 heterocycles. The molecule has 1 atom stereocenters. The van der Waals surface area contributed by atoms with Crippen molar-refractivity contribution in [3.63, 3.8) is 0 Å². The second-order valence-electron chi connectivity index (χ2n) is 5.52. The predicted octanol–water partition coefficient (Wildman–Crippen LogP) is 3.52. The number of hydrogen-bond acceptors (Lipinski definition) is 4. The van der Waals surface area contributed by atoms with Crippen LogP contribution >= 0.6 is 23.2 Å². The summed E-state index contributed by atoms with van der Waals surface area (Å²) >= 11 is 12.3. The Labute approximate surface area is 144 Å². The van der Waals surface area contributed by atoms with Crippen LogP contribution in [0.25, 0.3) is 11.3 Å². The van der Waals surface area contributed by atoms with E-state index in [2.05, 4.69) is 15.8 Å². The number of benzene rings is 1. The molecule has 0 bridgehead atoms. The Morgan fingerprint density at radius 1 is 1.26 bits per heavy atom. The molecule has 1 amide bonds. The first-order valence-electron chi connectivity index (χ1n) is 7.58. The van der Waals surface area contributed by atoms with E-state index in [1.165, 1.54) is 0 Å². The molecule has 1 aliphatic heterocycles. The maximum Gasteiger partial charge on any atom is 0.273 e. The minimum absolute atomic E-state index is 0.154. The van der Waals surface area contributed by atoms with Gasteiger partial charge in [-0.25, -0.2) is 0 Å². The Kier molecular flexibility index (Phi) is 5.20. The highest BCUT2D eigenvalue weighted by Gasteiger charge is 2.20. The third-order valence-corrected chi connectivity index (χ3v) is 4.49. The zero-order chi connectivity index (χ0) is 16.2. The van der Waals surface area contributed by atoms with Crippen molar-refractivity contribution in [3.05, 3.63) is 40.0 Å². The maximum atomic E-state index is 12.3. The van der Waals surface area contributed by atoms with E-state index in [0.29, 0.717) is 21.4 Å². The molecule has 0 saturated carbocycles. The van der Waals surface area contributed by atoms with Crippen LogP contribution in [0.15, 0.2) is 28.8 Å². The lowest BCUT2D eigenvalue weighted by Gasteiger charge is -2.14. The van der Waals surface area contributed by atoms with E-state index in [9.17, 15) is 4.79 Å². The van der Waals surface area contributed by atoms with Crippen molar-refractivity contribution in [2.75, 3.05) is 13.1 Å². The molecule has 1 fully saturated rings. The monoisotopic (exact) mass is 353 g/mol. The summed E-state index contributed by atoms with van der Waals surface area (Å²) in [6, 6.07) is 6.89. The van der Waals surface area contributed by atoms with Crippen LogP contribution in [0.4, 0.5) is 0 Å². The van der Waals surface area contributed by atoms with Crippen molar-refractivity contribution in [3.8, 4) is 11.3 Å². The molecule has 7 heteroatoms. The SMILES string of the molecule is O=C(NC1CCCNCC1)c1cc(-c2c(Cl)cccc2Cl)on1. The topological polar surface area (TPSA) is 67.2 Å². The van der Waals surface area contributed by atoms with Gasteiger partial charge in [0.05, 0.1) is 15.6 Å². The van der Waals surface area contributed by atoms with Crippen molar-refractivity contribution >= 4 is 29.1 Å². The van der Waals surface area contributed by atoms with Crippen LogP contribution in [-0.4, -0.2) is 30.2 Å². The summed E-state index contributed by atoms with van der Waals surface area (Å²) in [6.07, 6.45) is 2.91. The zero-order valence-corrected chi connectivity index (χ0v) is 14.0. The minimum Gasteiger partial charge on any atom is -0.355 e. The van der Waals surface area contributed by atoms with Gasteiger partial charge in [-0.05, 0) is 44.5 Å². The first-order chi connectivity index (χ1) is 11.1. The minimum atomic E-state index is -0.241. The van der Waals surface area contributed by atoms with Crippen molar-refractivity contribution in [1.82, 2.24) is 15.8 Å². The van der Waals surface area contributed by atoms with Gasteiger partial charge in [0.2, 0.25) is 0 Å². The standard InChI is InChI=1S/C16H17Cl2N3O2/c17-11-4-1-5-12(18)15(11)14-9-13(21-23-14)16(22)20-10-3-2-7-19-8-6-10/h1,4-5,9-10,19H,2-3,6-8H2,(H,20,22). The lowest BCUT2D eigenvalue weighted by molar-refractivity contribution is 0.0925. The summed E-state index contributed by atoms with van der Waals surface area (Å²) in [4.78, 5) is 12.3. The molecule has 2 N–H and O–H groups in total. The van der Waals surface area contributed by atoms with Crippen LogP contribution in [0.1, 0.15) is 29.8 Å². The Balaban J connectivity index is 1.75. The normalized spacial score (nSPS) is 18.4. The maximum absolute atomic E-state index is 12.3. The first kappa shape index (κ1) is 16.3. The fourth-order valence-electron chi connectivity index (χ4n) is 2.66. The van der Waals surface area contributed by atoms with Crippen molar-refractivity contribution in [2.24, 2.45) is 0 Å². The third-order valence-electron chi connectivity index (χ3n) is 3.86. The number of amides is 1. The molecule has 5 nitrogen and oxygen atoms in total. The Hall–Kier alpha value is -1.56. The second kappa shape index (κ2) is 7.34. The number of rotatable bonds is 3. The number of halogens is 2. The smallest absolute Gasteiger partial charge is 0.273 e. The van der Waals surface area contributed by atoms with E-state index in [0.717, 1.165) is 32.4 Å². The fraction of sp³-hybridized carbons (Fsp3) is 0.375. The molecule has 0 radical (unpaired) electrons. The largest absolute Gasteiger partial charge is 0.355 e. The Bertz CT molecular complexity index is 674. The number of nitrogens with one attached hydrogen (secondary N) is 2. The quantitative estimate of drug-likeness (QED) is 0.885. The Morgan fingerprint density at radius 3 is 2.83 bits per heavy atom. The van der Waals surface area contributed by atoms with Crippen LogP contribution in [0.5, 0.6) is 0 Å². The molecule has 0 aliphatic carbocycles. The van der Waals surface area contributed by atoms with Crippen LogP contribution < -0.4 is 10.6 Å². The fourth-order valence-corrected chi connectivity index (χ4v) is 3.24. The first-order valence-corrected chi connectivity index (χ1v) is 8.33. The van der Waals surface area contributed by atoms with E-state index in [1.54, 1.807) is 24.3 Å². The molecule has 1 aromatic heterocycles. The highest BCUT2D eigenvalue weighted by molar-refractivity contribution is 6.39. The molecule has 1 aromatic carbocycles. The van der Waals surface area contributed by atoms with E-state index >= 15 is 0 Å². The lowest BCUT2D eigenvalue weighted by atomic mass is 10.1. The Morgan fingerprint density at radius 2 is 2.04 bits per heavy atom. The second-order valence-corrected chi connectivity index (χ2v) is 6.34. The molecule has 3 rings (SSSR count). The van der Waals surface area contributed by atoms with Crippen molar-refractivity contribution in [1.29, 1.82) is 0 Å². The van der Waals surface area contributed by atoms with Crippen LogP contribution in [0.3, 0.4) is 0 Å². The summed E-state index contributed by atoms with van der Waals surface area (Å²) in [5.41, 5.74) is 0.772. The van der Waals surface area contributed by atoms with Gasteiger partial charge < -0.3 is 15.2 Å². The van der Waals surface area contributed by atoms with Gasteiger partial charge in [0.15, 0.2) is 11.5 Å². The molecule has 1 saturated heterocycles. The summed E-state index contributed by atoms with van der Waals surface area (Å²) in [7, 11) is 0. The summed E-state index contributed by atoms with van der Waals surface area (Å²) in [5, 5.41) is 11.1. The van der Waals surface area contributed by atoms with E-state index in [-0.39, 0.29) is 17.6 Å². The van der Waals surface area contributed by atoms with Crippen LogP contribution in [0, 0.1) is 0 Å². The number of carbonyl (C=O) groups excluding carboxylic acids is 1. The zero-order valence-electron chi connectivity index (χ0n) is 12.4. The molecule has 1 aliphatic rings. The van der Waals surface area contributed by atoms with Gasteiger partial charge in [-0.15, -0.1) is 0 Å². The molecular formula is C16H17Cl2N3O2. The highest BCUT2D eigenvalue weighted by Crippen LogP contribution is 2.34. The summed E-state index contributed by atoms with van der Waals surface area (Å²) < 4.78 is 5.26. The van der Waals surface area contributed by atoms with Gasteiger partial charge in [-0.3, -0.25) is 4.79 Å². The average Bonchev–Trinajstić information content (AvgIpc) is 2.86. The van der Waals surface area contributed by atoms with Gasteiger partial charge in [0, 0.05) is 12.1 Å². The summed E-state index contributed by atoms with van der Waals surface area (Å²) in [5.74, 6) is 0.142. The van der Waals surface area contributed by atoms with Gasteiger partial charge in [-0.1, -0.05) is 34.4 Å². The van der Waals surface area contributed by atoms with Crippen molar-refractivity contribution < 1.29 is 9.32 Å². The number of hydrogen-bond donors (Lipinski definition) is 2. The molecule has 0 spiro atoms. The molecule has 1 unspecified atom stereocenters. The van der Waals surface area contributed by atoms with Gasteiger partial charge in [0.25, 0.3) is 5.91 Å². The number of aromatic nitrogens is 1.